The summed E-state index contributed by atoms with van der Waals surface area (Å²) in [6.07, 6.45) is -4.87. The molecule has 27 heavy (non-hydrogen) atoms. The number of methoxy groups -OCH3 is 1. The van der Waals surface area contributed by atoms with E-state index in [1.54, 1.807) is 19.1 Å². The summed E-state index contributed by atoms with van der Waals surface area (Å²) in [7, 11) is 1.25. The van der Waals surface area contributed by atoms with Crippen molar-refractivity contribution in [2.75, 3.05) is 20.2 Å². The number of amides is 1. The molecule has 1 aromatic rings. The van der Waals surface area contributed by atoms with Gasteiger partial charge in [-0.1, -0.05) is 12.1 Å². The molecule has 2 rings (SSSR count). The van der Waals surface area contributed by atoms with Gasteiger partial charge in [0, 0.05) is 6.54 Å². The highest BCUT2D eigenvalue weighted by atomic mass is 19.4. The Balaban J connectivity index is 2.23. The Hall–Kier alpha value is -3.04. The molecule has 1 aliphatic heterocycles. The fraction of sp³-hybridized carbons (Fsp3) is 0.353. The van der Waals surface area contributed by atoms with Crippen molar-refractivity contribution in [3.8, 4) is 0 Å². The number of nitrogens with two attached hydrogens (primary N) is 1. The summed E-state index contributed by atoms with van der Waals surface area (Å²) in [6.45, 7) is 2.17. The molecule has 0 aromatic heterocycles. The molecule has 0 radical (unpaired) electrons. The van der Waals surface area contributed by atoms with Gasteiger partial charge in [-0.05, 0) is 24.6 Å². The number of amidine groups is 1. The zero-order chi connectivity index (χ0) is 20.2. The summed E-state index contributed by atoms with van der Waals surface area (Å²) in [5, 5.41) is 5.10. The van der Waals surface area contributed by atoms with Gasteiger partial charge in [0.2, 0.25) is 0 Å². The minimum absolute atomic E-state index is 0.185. The minimum atomic E-state index is -4.87. The average Bonchev–Trinajstić information content (AvgIpc) is 3.14. The number of hydrogen-bond acceptors (Lipinski definition) is 6. The van der Waals surface area contributed by atoms with Gasteiger partial charge >= 0.3 is 12.1 Å². The van der Waals surface area contributed by atoms with Gasteiger partial charge in [0.1, 0.15) is 17.1 Å². The molecule has 0 fully saturated rings. The Bertz CT molecular complexity index is 786. The van der Waals surface area contributed by atoms with Crippen molar-refractivity contribution in [2.45, 2.75) is 19.1 Å². The van der Waals surface area contributed by atoms with Crippen LogP contribution in [0.4, 0.5) is 13.2 Å². The number of carbonyl (C=O) groups excluding carboxylic acids is 2. The number of nitrogens with one attached hydrogen (secondary N) is 2. The molecule has 146 valence electrons. The SMILES string of the molecule is COC(=O)c1ccc(C(C)NC(=O)C(C2=NCCN2)=C(N)C(F)(F)F)cc1. The van der Waals surface area contributed by atoms with Crippen molar-refractivity contribution >= 4 is 17.7 Å². The Morgan fingerprint density at radius 2 is 1.93 bits per heavy atom. The van der Waals surface area contributed by atoms with Crippen molar-refractivity contribution in [1.29, 1.82) is 0 Å². The maximum absolute atomic E-state index is 13.0. The second kappa shape index (κ2) is 8.11. The number of halogens is 3. The molecule has 1 unspecified atom stereocenters. The fourth-order valence-corrected chi connectivity index (χ4v) is 2.44. The van der Waals surface area contributed by atoms with Crippen LogP contribution in [0.3, 0.4) is 0 Å². The summed E-state index contributed by atoms with van der Waals surface area (Å²) in [5.41, 5.74) is 3.83. The van der Waals surface area contributed by atoms with E-state index in [2.05, 4.69) is 20.4 Å². The molecular weight excluding hydrogens is 365 g/mol. The molecule has 10 heteroatoms. The van der Waals surface area contributed by atoms with Gasteiger partial charge in [0.05, 0.1) is 25.3 Å². The predicted molar refractivity (Wildman–Crippen MR) is 91.9 cm³/mol. The molecule has 1 amide bonds. The Morgan fingerprint density at radius 1 is 1.30 bits per heavy atom. The molecule has 0 saturated heterocycles. The summed E-state index contributed by atoms with van der Waals surface area (Å²) in [6, 6.07) is 5.49. The lowest BCUT2D eigenvalue weighted by atomic mass is 10.0. The van der Waals surface area contributed by atoms with Gasteiger partial charge in [-0.3, -0.25) is 9.79 Å². The summed E-state index contributed by atoms with van der Waals surface area (Å²) in [5.74, 6) is -1.70. The number of hydrogen-bond donors (Lipinski definition) is 3. The van der Waals surface area contributed by atoms with E-state index in [0.29, 0.717) is 17.7 Å². The van der Waals surface area contributed by atoms with Crippen molar-refractivity contribution < 1.29 is 27.5 Å². The predicted octanol–water partition coefficient (Wildman–Crippen LogP) is 1.43. The zero-order valence-corrected chi connectivity index (χ0v) is 14.7. The van der Waals surface area contributed by atoms with E-state index >= 15 is 0 Å². The number of alkyl halides is 3. The van der Waals surface area contributed by atoms with E-state index < -0.39 is 35.4 Å². The smallest absolute Gasteiger partial charge is 0.431 e. The maximum Gasteiger partial charge on any atom is 0.431 e. The third kappa shape index (κ3) is 4.78. The zero-order valence-electron chi connectivity index (χ0n) is 14.7. The Kier molecular flexibility index (Phi) is 6.09. The van der Waals surface area contributed by atoms with Gasteiger partial charge in [-0.15, -0.1) is 0 Å². The van der Waals surface area contributed by atoms with Gasteiger partial charge < -0.3 is 21.1 Å². The van der Waals surface area contributed by atoms with Gasteiger partial charge in [-0.25, -0.2) is 4.79 Å². The standard InChI is InChI=1S/C17H19F3N4O3/c1-9(10-3-5-11(6-4-10)16(26)27-2)24-15(25)12(13(21)17(18,19)20)14-22-7-8-23-14/h3-6,9H,7-8,21H2,1-2H3,(H,22,23)(H,24,25). The Morgan fingerprint density at radius 3 is 2.41 bits per heavy atom. The second-order valence-corrected chi connectivity index (χ2v) is 5.75. The normalized spacial score (nSPS) is 16.0. The van der Waals surface area contributed by atoms with Crippen molar-refractivity contribution in [2.24, 2.45) is 10.7 Å². The molecule has 1 atom stereocenters. The minimum Gasteiger partial charge on any atom is -0.465 e. The summed E-state index contributed by atoms with van der Waals surface area (Å²) >= 11 is 0. The van der Waals surface area contributed by atoms with Gasteiger partial charge in [0.25, 0.3) is 5.91 Å². The first kappa shape index (κ1) is 20.3. The van der Waals surface area contributed by atoms with Gasteiger partial charge in [-0.2, -0.15) is 13.2 Å². The quantitative estimate of drug-likeness (QED) is 0.526. The molecule has 0 saturated carbocycles. The van der Waals surface area contributed by atoms with Crippen LogP contribution < -0.4 is 16.4 Å². The topological polar surface area (TPSA) is 106 Å². The number of aliphatic imine (C=N–C) groups is 1. The summed E-state index contributed by atoms with van der Waals surface area (Å²) < 4.78 is 43.7. The lowest BCUT2D eigenvalue weighted by molar-refractivity contribution is -0.119. The van der Waals surface area contributed by atoms with Crippen LogP contribution in [-0.4, -0.2) is 44.1 Å². The molecule has 7 nitrogen and oxygen atoms in total. The van der Waals surface area contributed by atoms with Crippen LogP contribution in [0, 0.1) is 0 Å². The lowest BCUT2D eigenvalue weighted by Gasteiger charge is -2.19. The third-order valence-electron chi connectivity index (χ3n) is 3.89. The lowest BCUT2D eigenvalue weighted by Crippen LogP contribution is -2.39. The van der Waals surface area contributed by atoms with Crippen molar-refractivity contribution in [1.82, 2.24) is 10.6 Å². The molecule has 1 aromatic carbocycles. The molecule has 4 N–H and O–H groups in total. The number of rotatable bonds is 5. The first-order valence-electron chi connectivity index (χ1n) is 8.00. The van der Waals surface area contributed by atoms with Crippen LogP contribution in [0.25, 0.3) is 0 Å². The molecule has 1 aliphatic rings. The first-order valence-corrected chi connectivity index (χ1v) is 8.00. The molecule has 0 aliphatic carbocycles. The maximum atomic E-state index is 13.0. The van der Waals surface area contributed by atoms with Crippen LogP contribution in [0.1, 0.15) is 28.9 Å². The first-order chi connectivity index (χ1) is 12.6. The highest BCUT2D eigenvalue weighted by Gasteiger charge is 2.38. The summed E-state index contributed by atoms with van der Waals surface area (Å²) in [4.78, 5) is 27.8. The molecule has 1 heterocycles. The van der Waals surface area contributed by atoms with E-state index in [-0.39, 0.29) is 12.4 Å². The van der Waals surface area contributed by atoms with Crippen LogP contribution in [0.5, 0.6) is 0 Å². The highest BCUT2D eigenvalue weighted by Crippen LogP contribution is 2.25. The second-order valence-electron chi connectivity index (χ2n) is 5.75. The monoisotopic (exact) mass is 384 g/mol. The van der Waals surface area contributed by atoms with E-state index in [1.807, 2.05) is 0 Å². The number of ether oxygens (including phenoxy) is 1. The third-order valence-corrected chi connectivity index (χ3v) is 3.89. The number of allylic oxidation sites excluding steroid dienone is 1. The van der Waals surface area contributed by atoms with E-state index in [1.165, 1.54) is 19.2 Å². The van der Waals surface area contributed by atoms with Crippen molar-refractivity contribution in [3.05, 3.63) is 46.7 Å². The Labute approximate surface area is 153 Å². The van der Waals surface area contributed by atoms with E-state index in [0.717, 1.165) is 0 Å². The molecular formula is C17H19F3N4O3. The average molecular weight is 384 g/mol. The van der Waals surface area contributed by atoms with Crippen LogP contribution in [0.2, 0.25) is 0 Å². The van der Waals surface area contributed by atoms with Crippen LogP contribution in [0.15, 0.2) is 40.5 Å². The largest absolute Gasteiger partial charge is 0.465 e. The molecule has 0 spiro atoms. The van der Waals surface area contributed by atoms with Crippen LogP contribution >= 0.6 is 0 Å². The van der Waals surface area contributed by atoms with E-state index in [4.69, 9.17) is 5.73 Å². The highest BCUT2D eigenvalue weighted by molar-refractivity contribution is 6.21. The number of benzene rings is 1. The fourth-order valence-electron chi connectivity index (χ4n) is 2.44. The van der Waals surface area contributed by atoms with Gasteiger partial charge in [0.15, 0.2) is 0 Å². The van der Waals surface area contributed by atoms with E-state index in [9.17, 15) is 22.8 Å². The van der Waals surface area contributed by atoms with Crippen molar-refractivity contribution in [3.63, 3.8) is 0 Å². The molecule has 0 bridgehead atoms. The number of nitrogens with zero attached hydrogens (tertiary/aromatic N) is 1. The van der Waals surface area contributed by atoms with Crippen LogP contribution in [-0.2, 0) is 9.53 Å². The number of carbonyl (C=O) groups is 2. The number of esters is 1.